The van der Waals surface area contributed by atoms with Gasteiger partial charge in [0.1, 0.15) is 22.0 Å². The highest BCUT2D eigenvalue weighted by Gasteiger charge is 2.20. The Morgan fingerprint density at radius 3 is 1.63 bits per heavy atom. The van der Waals surface area contributed by atoms with E-state index in [1.807, 2.05) is 72.8 Å². The number of benzene rings is 6. The van der Waals surface area contributed by atoms with Gasteiger partial charge in [0.15, 0.2) is 5.16 Å². The van der Waals surface area contributed by atoms with Gasteiger partial charge < -0.3 is 20.4 Å². The second-order valence-corrected chi connectivity index (χ2v) is 17.5. The first kappa shape index (κ1) is 49.6. The van der Waals surface area contributed by atoms with Gasteiger partial charge in [-0.1, -0.05) is 91.8 Å². The quantitative estimate of drug-likeness (QED) is 0.0297. The van der Waals surface area contributed by atoms with Crippen molar-refractivity contribution in [2.24, 2.45) is 20.5 Å². The monoisotopic (exact) mass is 961 g/mol. The van der Waals surface area contributed by atoms with Crippen molar-refractivity contribution in [3.8, 4) is 0 Å². The van der Waals surface area contributed by atoms with Crippen LogP contribution in [0.5, 0.6) is 0 Å². The molecule has 0 radical (unpaired) electrons. The molecular formula is C47H51N11O6S3. The lowest BCUT2D eigenvalue weighted by Crippen LogP contribution is -2.21. The second kappa shape index (κ2) is 23.5. The topological polar surface area (TPSA) is 224 Å². The zero-order chi connectivity index (χ0) is 47.9. The van der Waals surface area contributed by atoms with Gasteiger partial charge in [0.25, 0.3) is 10.1 Å². The standard InChI is InChI=1S/C47H51N11O3S2.O3S/c1-6-11-29-62-47-51-45(48-41-30-34(57(7-2)8-3)24-26-39(41)54-53-38-22-16-19-32-17-12-14-20-36(32)38)50-46(52-47)49-42-31-35(58(9-4)10-5)25-27-40(42)55-56-44-37-21-15-13-18-33(37)23-28-43(44)63(59,60)61;1-4(2)3/h12-28,30-31H,6-11,29H2,1-5H3,(H,59,60,61)(H2,48,49,50,51,52);. The Kier molecular flexibility index (Phi) is 17.4. The lowest BCUT2D eigenvalue weighted by Gasteiger charge is -2.22. The number of hydrogen-bond donors (Lipinski definition) is 3. The summed E-state index contributed by atoms with van der Waals surface area (Å²) in [5, 5.41) is 29.3. The zero-order valence-corrected chi connectivity index (χ0v) is 40.1. The molecule has 0 aliphatic heterocycles. The maximum atomic E-state index is 12.5. The number of hydrogen-bond acceptors (Lipinski definition) is 17. The average molecular weight is 962 g/mol. The number of aromatic nitrogens is 3. The summed E-state index contributed by atoms with van der Waals surface area (Å²) in [4.78, 5) is 18.7. The number of anilines is 6. The second-order valence-electron chi connectivity index (χ2n) is 14.7. The molecule has 7 rings (SSSR count). The Labute approximate surface area is 395 Å². The van der Waals surface area contributed by atoms with E-state index in [-0.39, 0.29) is 16.5 Å². The van der Waals surface area contributed by atoms with Crippen LogP contribution in [0, 0.1) is 0 Å². The van der Waals surface area contributed by atoms with Crippen LogP contribution in [0.4, 0.5) is 57.4 Å². The summed E-state index contributed by atoms with van der Waals surface area (Å²) in [6.07, 6.45) is 1.99. The van der Waals surface area contributed by atoms with Crippen LogP contribution in [-0.2, 0) is 20.7 Å². The molecule has 20 heteroatoms. The lowest BCUT2D eigenvalue weighted by molar-refractivity contribution is 0.483. The molecule has 0 atom stereocenters. The fourth-order valence-corrected chi connectivity index (χ4v) is 8.68. The van der Waals surface area contributed by atoms with Crippen LogP contribution >= 0.6 is 11.8 Å². The van der Waals surface area contributed by atoms with Crippen LogP contribution in [0.25, 0.3) is 21.5 Å². The normalized spacial score (nSPS) is 11.5. The SMILES string of the molecule is CCCCSc1nc(Nc2cc(N(CC)CC)ccc2N=Nc2cccc3ccccc23)nc(Nc2cc(N(CC)CC)ccc2N=Nc2c(S(=O)(=O)O)ccc3ccccc23)n1.O=S(=O)=O. The summed E-state index contributed by atoms with van der Waals surface area (Å²) in [5.41, 5.74) is 4.87. The van der Waals surface area contributed by atoms with Gasteiger partial charge in [0, 0.05) is 54.1 Å². The Bertz CT molecular complexity index is 3120. The average Bonchev–Trinajstić information content (AvgIpc) is 3.31. The number of unbranched alkanes of at least 4 members (excludes halogenated alkanes) is 1. The molecule has 7 aromatic rings. The highest BCUT2D eigenvalue weighted by molar-refractivity contribution is 7.99. The highest BCUT2D eigenvalue weighted by Crippen LogP contribution is 2.39. The first-order valence-corrected chi connectivity index (χ1v) is 25.1. The van der Waals surface area contributed by atoms with Gasteiger partial charge in [-0.05, 0) is 93.4 Å². The number of rotatable bonds is 19. The molecule has 1 aromatic heterocycles. The molecule has 6 aromatic carbocycles. The molecule has 0 unspecified atom stereocenters. The van der Waals surface area contributed by atoms with Crippen LogP contribution in [0.2, 0.25) is 0 Å². The van der Waals surface area contributed by atoms with E-state index in [0.29, 0.717) is 39.2 Å². The summed E-state index contributed by atoms with van der Waals surface area (Å²) < 4.78 is 60.6. The molecule has 0 aliphatic carbocycles. The first-order valence-electron chi connectivity index (χ1n) is 21.6. The molecular weight excluding hydrogens is 911 g/mol. The van der Waals surface area contributed by atoms with Crippen molar-refractivity contribution in [1.82, 2.24) is 15.0 Å². The van der Waals surface area contributed by atoms with Crippen molar-refractivity contribution in [2.45, 2.75) is 57.5 Å². The predicted octanol–water partition coefficient (Wildman–Crippen LogP) is 12.3. The van der Waals surface area contributed by atoms with Gasteiger partial charge in [0.2, 0.25) is 11.9 Å². The molecule has 17 nitrogen and oxygen atoms in total. The molecule has 3 N–H and O–H groups in total. The minimum Gasteiger partial charge on any atom is -0.372 e. The van der Waals surface area contributed by atoms with Crippen molar-refractivity contribution in [2.75, 3.05) is 52.4 Å². The number of azo groups is 2. The van der Waals surface area contributed by atoms with Crippen LogP contribution < -0.4 is 20.4 Å². The molecule has 0 saturated carbocycles. The number of nitrogens with one attached hydrogen (secondary N) is 2. The number of nitrogens with zero attached hydrogens (tertiary/aromatic N) is 9. The van der Waals surface area contributed by atoms with Gasteiger partial charge in [-0.15, -0.1) is 33.1 Å². The summed E-state index contributed by atoms with van der Waals surface area (Å²) in [6.45, 7) is 13.7. The Morgan fingerprint density at radius 1 is 0.597 bits per heavy atom. The van der Waals surface area contributed by atoms with E-state index in [0.717, 1.165) is 78.0 Å². The molecule has 0 aliphatic rings. The van der Waals surface area contributed by atoms with Crippen LogP contribution in [0.3, 0.4) is 0 Å². The Balaban J connectivity index is 0.00000178. The number of thioether (sulfide) groups is 1. The van der Waals surface area contributed by atoms with E-state index in [1.54, 1.807) is 24.3 Å². The van der Waals surface area contributed by atoms with Crippen molar-refractivity contribution in [1.29, 1.82) is 0 Å². The predicted molar refractivity (Wildman–Crippen MR) is 268 cm³/mol. The van der Waals surface area contributed by atoms with Crippen LogP contribution in [-0.4, -0.2) is 72.5 Å². The van der Waals surface area contributed by atoms with Crippen LogP contribution in [0.1, 0.15) is 47.5 Å². The minimum atomic E-state index is -4.63. The highest BCUT2D eigenvalue weighted by atomic mass is 32.2. The van der Waals surface area contributed by atoms with Crippen molar-refractivity contribution < 1.29 is 25.6 Å². The smallest absolute Gasteiger partial charge is 0.372 e. The minimum absolute atomic E-state index is 0.0240. The molecule has 0 fully saturated rings. The molecule has 0 spiro atoms. The van der Waals surface area contributed by atoms with Crippen molar-refractivity contribution >= 4 is 111 Å². The van der Waals surface area contributed by atoms with E-state index in [2.05, 4.69) is 77.4 Å². The fourth-order valence-electron chi connectivity index (χ4n) is 7.13. The third kappa shape index (κ3) is 13.2. The molecule has 0 saturated heterocycles. The van der Waals surface area contributed by atoms with Gasteiger partial charge in [-0.25, -0.2) is 0 Å². The fraction of sp³-hybridized carbons (Fsp3) is 0.255. The maximum Gasteiger partial charge on any atom is 0.425 e. The summed E-state index contributed by atoms with van der Waals surface area (Å²) in [5.74, 6) is 1.35. The maximum absolute atomic E-state index is 12.5. The summed E-state index contributed by atoms with van der Waals surface area (Å²) >= 11 is 1.53. The van der Waals surface area contributed by atoms with Gasteiger partial charge in [-0.3, -0.25) is 4.55 Å². The van der Waals surface area contributed by atoms with Gasteiger partial charge >= 0.3 is 10.6 Å². The molecule has 67 heavy (non-hydrogen) atoms. The molecule has 1 heterocycles. The third-order valence-corrected chi connectivity index (χ3v) is 12.3. The van der Waals surface area contributed by atoms with E-state index in [1.165, 1.54) is 17.8 Å². The van der Waals surface area contributed by atoms with Gasteiger partial charge in [0.05, 0.1) is 17.1 Å². The van der Waals surface area contributed by atoms with Gasteiger partial charge in [-0.2, -0.15) is 23.4 Å². The molecule has 0 bridgehead atoms. The van der Waals surface area contributed by atoms with E-state index >= 15 is 0 Å². The first-order chi connectivity index (χ1) is 32.3. The van der Waals surface area contributed by atoms with Crippen LogP contribution in [0.15, 0.2) is 146 Å². The molecule has 0 amide bonds. The van der Waals surface area contributed by atoms with E-state index in [4.69, 9.17) is 37.8 Å². The number of fused-ring (bicyclic) bond motifs is 2. The van der Waals surface area contributed by atoms with E-state index in [9.17, 15) is 13.0 Å². The Morgan fingerprint density at radius 2 is 1.09 bits per heavy atom. The molecule has 348 valence electrons. The zero-order valence-electron chi connectivity index (χ0n) is 37.7. The van der Waals surface area contributed by atoms with E-state index < -0.39 is 20.7 Å². The summed E-state index contributed by atoms with van der Waals surface area (Å²) in [6, 6.07) is 35.9. The largest absolute Gasteiger partial charge is 0.425 e. The Hall–Kier alpha value is -6.87. The third-order valence-electron chi connectivity index (χ3n) is 10.5. The van der Waals surface area contributed by atoms with Crippen molar-refractivity contribution in [3.05, 3.63) is 115 Å². The lowest BCUT2D eigenvalue weighted by atomic mass is 10.1. The summed E-state index contributed by atoms with van der Waals surface area (Å²) in [7, 11) is -7.74. The van der Waals surface area contributed by atoms with Crippen molar-refractivity contribution in [3.63, 3.8) is 0 Å².